The van der Waals surface area contributed by atoms with Gasteiger partial charge in [-0.1, -0.05) is 6.07 Å². The third-order valence-electron chi connectivity index (χ3n) is 3.50. The predicted molar refractivity (Wildman–Crippen MR) is 95.4 cm³/mol. The van der Waals surface area contributed by atoms with Gasteiger partial charge in [0, 0.05) is 44.1 Å². The van der Waals surface area contributed by atoms with E-state index in [0.717, 1.165) is 6.20 Å². The highest BCUT2D eigenvalue weighted by Gasteiger charge is 2.38. The van der Waals surface area contributed by atoms with E-state index in [-0.39, 0.29) is 22.9 Å². The second kappa shape index (κ2) is 7.35. The number of ether oxygens (including phenoxy) is 3. The second-order valence-corrected chi connectivity index (χ2v) is 6.10. The van der Waals surface area contributed by atoms with E-state index < -0.39 is 22.6 Å². The van der Waals surface area contributed by atoms with Gasteiger partial charge >= 0.3 is 17.6 Å². The summed E-state index contributed by atoms with van der Waals surface area (Å²) in [6.45, 7) is 2.90. The molecule has 0 radical (unpaired) electrons. The maximum absolute atomic E-state index is 11.9. The van der Waals surface area contributed by atoms with Crippen molar-refractivity contribution in [2.45, 2.75) is 19.6 Å². The molecule has 1 saturated heterocycles. The first-order valence-corrected chi connectivity index (χ1v) is 8.06. The van der Waals surface area contributed by atoms with E-state index in [1.807, 2.05) is 0 Å². The second-order valence-electron chi connectivity index (χ2n) is 6.10. The fourth-order valence-corrected chi connectivity index (χ4v) is 2.29. The number of pyridine rings is 1. The Hall–Kier alpha value is -3.95. The van der Waals surface area contributed by atoms with E-state index in [0.29, 0.717) is 5.69 Å². The summed E-state index contributed by atoms with van der Waals surface area (Å²) in [4.78, 5) is 38.1. The van der Waals surface area contributed by atoms with Crippen LogP contribution in [0.3, 0.4) is 0 Å². The zero-order valence-electron chi connectivity index (χ0n) is 14.9. The van der Waals surface area contributed by atoms with Crippen LogP contribution in [0, 0.1) is 10.1 Å². The van der Waals surface area contributed by atoms with Crippen molar-refractivity contribution < 1.29 is 28.7 Å². The molecule has 2 aromatic rings. The van der Waals surface area contributed by atoms with E-state index in [9.17, 15) is 19.7 Å². The number of rotatable bonds is 5. The Labute approximate surface area is 158 Å². The lowest BCUT2D eigenvalue weighted by atomic mass is 10.2. The van der Waals surface area contributed by atoms with E-state index in [1.54, 1.807) is 18.2 Å². The minimum absolute atomic E-state index is 0.162. The molecule has 0 bridgehead atoms. The minimum Gasteiger partial charge on any atom is -0.434 e. The van der Waals surface area contributed by atoms with Gasteiger partial charge in [-0.2, -0.15) is 0 Å². The van der Waals surface area contributed by atoms with E-state index in [4.69, 9.17) is 14.2 Å². The van der Waals surface area contributed by atoms with Gasteiger partial charge in [-0.3, -0.25) is 10.1 Å². The van der Waals surface area contributed by atoms with Gasteiger partial charge in [0.25, 0.3) is 11.7 Å². The lowest BCUT2D eigenvalue weighted by molar-refractivity contribution is -0.386. The molecule has 1 aliphatic heterocycles. The standard InChI is InChI=1S/C18H15N3O7/c1-18(2)27-16(22)13(17(23)28-18)10-20-11-5-3-6-12(9-11)26-15-14(21(24)25)7-4-8-19-15/h3-10,20H,1-2H3. The maximum Gasteiger partial charge on any atom is 0.350 e. The number of nitrogens with zero attached hydrogens (tertiary/aromatic N) is 2. The number of aromatic nitrogens is 1. The number of cyclic esters (lactones) is 2. The molecule has 2 heterocycles. The molecule has 1 aromatic heterocycles. The number of nitro groups is 1. The number of anilines is 1. The Balaban J connectivity index is 1.77. The zero-order chi connectivity index (χ0) is 20.3. The van der Waals surface area contributed by atoms with Crippen molar-refractivity contribution >= 4 is 23.3 Å². The normalized spacial score (nSPS) is 15.3. The molecule has 0 amide bonds. The highest BCUT2D eigenvalue weighted by Crippen LogP contribution is 2.30. The summed E-state index contributed by atoms with van der Waals surface area (Å²) >= 11 is 0. The van der Waals surface area contributed by atoms with Crippen molar-refractivity contribution in [3.8, 4) is 11.6 Å². The minimum atomic E-state index is -1.32. The van der Waals surface area contributed by atoms with Crippen molar-refractivity contribution in [2.75, 3.05) is 5.32 Å². The van der Waals surface area contributed by atoms with Gasteiger partial charge in [0.15, 0.2) is 5.57 Å². The summed E-state index contributed by atoms with van der Waals surface area (Å²) in [6.07, 6.45) is 2.53. The van der Waals surface area contributed by atoms with Gasteiger partial charge in [0.1, 0.15) is 5.75 Å². The molecule has 1 aromatic carbocycles. The van der Waals surface area contributed by atoms with Crippen LogP contribution >= 0.6 is 0 Å². The summed E-state index contributed by atoms with van der Waals surface area (Å²) in [6, 6.07) is 9.04. The smallest absolute Gasteiger partial charge is 0.350 e. The zero-order valence-corrected chi connectivity index (χ0v) is 14.9. The predicted octanol–water partition coefficient (Wildman–Crippen LogP) is 2.91. The Morgan fingerprint density at radius 1 is 1.18 bits per heavy atom. The molecule has 10 heteroatoms. The van der Waals surface area contributed by atoms with E-state index >= 15 is 0 Å². The first-order chi connectivity index (χ1) is 13.2. The van der Waals surface area contributed by atoms with Crippen LogP contribution in [0.1, 0.15) is 13.8 Å². The van der Waals surface area contributed by atoms with Gasteiger partial charge in [0.05, 0.1) is 4.92 Å². The van der Waals surface area contributed by atoms with Crippen molar-refractivity contribution in [3.63, 3.8) is 0 Å². The van der Waals surface area contributed by atoms with Gasteiger partial charge < -0.3 is 19.5 Å². The number of benzene rings is 1. The lowest BCUT2D eigenvalue weighted by Gasteiger charge is -2.29. The molecule has 28 heavy (non-hydrogen) atoms. The average molecular weight is 385 g/mol. The highest BCUT2D eigenvalue weighted by atomic mass is 16.7. The van der Waals surface area contributed by atoms with E-state index in [2.05, 4.69) is 10.3 Å². The highest BCUT2D eigenvalue weighted by molar-refractivity contribution is 6.15. The number of hydrogen-bond acceptors (Lipinski definition) is 9. The van der Waals surface area contributed by atoms with Crippen molar-refractivity contribution in [3.05, 3.63) is 64.5 Å². The van der Waals surface area contributed by atoms with Crippen LogP contribution in [0.2, 0.25) is 0 Å². The Morgan fingerprint density at radius 3 is 2.57 bits per heavy atom. The molecular formula is C18H15N3O7. The molecule has 0 spiro atoms. The van der Waals surface area contributed by atoms with E-state index in [1.165, 1.54) is 38.2 Å². The molecule has 0 atom stereocenters. The van der Waals surface area contributed by atoms with Crippen LogP contribution < -0.4 is 10.1 Å². The summed E-state index contributed by atoms with van der Waals surface area (Å²) in [7, 11) is 0. The number of nitrogens with one attached hydrogen (secondary N) is 1. The number of hydrogen-bond donors (Lipinski definition) is 1. The molecule has 0 saturated carbocycles. The SMILES string of the molecule is CC1(C)OC(=O)C(=CNc2cccc(Oc3ncccc3[N+](=O)[O-])c2)C(=O)O1. The van der Waals surface area contributed by atoms with Crippen LogP contribution in [0.25, 0.3) is 0 Å². The molecule has 3 rings (SSSR count). The lowest BCUT2D eigenvalue weighted by Crippen LogP contribution is -2.42. The Bertz CT molecular complexity index is 963. The Kier molecular flexibility index (Phi) is 4.94. The largest absolute Gasteiger partial charge is 0.434 e. The summed E-state index contributed by atoms with van der Waals surface area (Å²) in [5, 5.41) is 13.8. The van der Waals surface area contributed by atoms with Gasteiger partial charge in [-0.05, 0) is 18.2 Å². The van der Waals surface area contributed by atoms with Gasteiger partial charge in [-0.15, -0.1) is 0 Å². The number of carbonyl (C=O) groups is 2. The van der Waals surface area contributed by atoms with Crippen LogP contribution in [-0.2, 0) is 19.1 Å². The third kappa shape index (κ3) is 4.23. The van der Waals surface area contributed by atoms with Crippen LogP contribution in [0.4, 0.5) is 11.4 Å². The Morgan fingerprint density at radius 2 is 1.89 bits per heavy atom. The molecule has 1 fully saturated rings. The maximum atomic E-state index is 11.9. The monoisotopic (exact) mass is 385 g/mol. The molecular weight excluding hydrogens is 370 g/mol. The van der Waals surface area contributed by atoms with Gasteiger partial charge in [-0.25, -0.2) is 14.6 Å². The summed E-state index contributed by atoms with van der Waals surface area (Å²) in [5.41, 5.74) is -0.127. The first kappa shape index (κ1) is 18.8. The van der Waals surface area contributed by atoms with Crippen molar-refractivity contribution in [2.24, 2.45) is 0 Å². The number of carbonyl (C=O) groups excluding carboxylic acids is 2. The first-order valence-electron chi connectivity index (χ1n) is 8.06. The average Bonchev–Trinajstić information content (AvgIpc) is 2.60. The topological polar surface area (TPSA) is 130 Å². The number of esters is 2. The van der Waals surface area contributed by atoms with Crippen LogP contribution in [-0.4, -0.2) is 27.6 Å². The van der Waals surface area contributed by atoms with Crippen LogP contribution in [0.15, 0.2) is 54.4 Å². The molecule has 0 aliphatic carbocycles. The van der Waals surface area contributed by atoms with Crippen LogP contribution in [0.5, 0.6) is 11.6 Å². The molecule has 10 nitrogen and oxygen atoms in total. The molecule has 1 aliphatic rings. The third-order valence-corrected chi connectivity index (χ3v) is 3.50. The summed E-state index contributed by atoms with van der Waals surface area (Å²) in [5.74, 6) is -2.85. The molecule has 1 N–H and O–H groups in total. The van der Waals surface area contributed by atoms with Crippen molar-refractivity contribution in [1.29, 1.82) is 0 Å². The molecule has 144 valence electrons. The fourth-order valence-electron chi connectivity index (χ4n) is 2.29. The molecule has 0 unspecified atom stereocenters. The van der Waals surface area contributed by atoms with Gasteiger partial charge in [0.2, 0.25) is 0 Å². The van der Waals surface area contributed by atoms with Crippen molar-refractivity contribution in [1.82, 2.24) is 4.98 Å². The quantitative estimate of drug-likeness (QED) is 0.271. The fraction of sp³-hybridized carbons (Fsp3) is 0.167. The summed E-state index contributed by atoms with van der Waals surface area (Å²) < 4.78 is 15.5.